The van der Waals surface area contributed by atoms with Gasteiger partial charge in [0.05, 0.1) is 13.2 Å². The fourth-order valence-corrected chi connectivity index (χ4v) is 7.14. The predicted octanol–water partition coefficient (Wildman–Crippen LogP) is -2.02. The Kier molecular flexibility index (Phi) is 9.46. The molecule has 12 heteroatoms. The van der Waals surface area contributed by atoms with Gasteiger partial charge in [0, 0.05) is 36.6 Å². The monoisotopic (exact) mass is 649 g/mol. The molecule has 3 saturated heterocycles. The summed E-state index contributed by atoms with van der Waals surface area (Å²) in [7, 11) is 0. The Hall–Kier alpha value is -3.37. The summed E-state index contributed by atoms with van der Waals surface area (Å²) in [5.41, 5.74) is 4.84. The van der Waals surface area contributed by atoms with Crippen molar-refractivity contribution in [3.8, 4) is 34.8 Å². The van der Waals surface area contributed by atoms with Gasteiger partial charge in [0.15, 0.2) is 0 Å². The highest BCUT2D eigenvalue weighted by molar-refractivity contribution is 5.83. The third kappa shape index (κ3) is 5.96. The molecule has 6 rings (SSSR count). The Morgan fingerprint density at radius 3 is 1.53 bits per heavy atom. The van der Waals surface area contributed by atoms with Gasteiger partial charge in [0.2, 0.25) is 5.91 Å². The number of aliphatic hydroxyl groups is 8. The Morgan fingerprint density at radius 2 is 1.15 bits per heavy atom. The zero-order valence-corrected chi connectivity index (χ0v) is 25.7. The van der Waals surface area contributed by atoms with Crippen LogP contribution in [0.5, 0.6) is 0 Å². The lowest BCUT2D eigenvalue weighted by molar-refractivity contribution is -0.214. The van der Waals surface area contributed by atoms with Gasteiger partial charge in [0.1, 0.15) is 61.0 Å². The molecule has 0 unspecified atom stereocenters. The largest absolute Gasteiger partial charge is 0.394 e. The first-order chi connectivity index (χ1) is 22.5. The Bertz CT molecular complexity index is 1520. The van der Waals surface area contributed by atoms with Crippen LogP contribution in [0, 0.1) is 23.7 Å². The van der Waals surface area contributed by atoms with E-state index in [0.29, 0.717) is 37.1 Å². The average Bonchev–Trinajstić information content (AvgIpc) is 3.33. The molecular formula is C35H39NO11. The van der Waals surface area contributed by atoms with Crippen LogP contribution < -0.4 is 0 Å². The van der Waals surface area contributed by atoms with Gasteiger partial charge in [-0.25, -0.2) is 0 Å². The molecule has 12 nitrogen and oxygen atoms in total. The Labute approximate surface area is 271 Å². The summed E-state index contributed by atoms with van der Waals surface area (Å²) in [5, 5.41) is 80.4. The third-order valence-corrected chi connectivity index (χ3v) is 9.92. The average molecular weight is 650 g/mol. The van der Waals surface area contributed by atoms with Crippen LogP contribution in [0.25, 0.3) is 11.1 Å². The van der Waals surface area contributed by atoms with Crippen LogP contribution in [0.3, 0.4) is 0 Å². The second-order valence-electron chi connectivity index (χ2n) is 12.6. The number of piperidine rings is 1. The molecule has 3 aliphatic heterocycles. The maximum Gasteiger partial charge on any atom is 0.219 e. The molecule has 1 aliphatic carbocycles. The van der Waals surface area contributed by atoms with Gasteiger partial charge in [-0.3, -0.25) is 4.79 Å². The lowest BCUT2D eigenvalue weighted by Crippen LogP contribution is -2.58. The van der Waals surface area contributed by atoms with Gasteiger partial charge in [-0.05, 0) is 59.4 Å². The Morgan fingerprint density at radius 1 is 0.723 bits per heavy atom. The van der Waals surface area contributed by atoms with E-state index in [1.54, 1.807) is 6.92 Å². The van der Waals surface area contributed by atoms with Crippen molar-refractivity contribution in [2.24, 2.45) is 0 Å². The van der Waals surface area contributed by atoms with Gasteiger partial charge >= 0.3 is 0 Å². The SMILES string of the molecule is CC(=O)N1CCC2(CC1)c1cc(C#C[C@@H]3O[C@H](CO)[C@H](O)[C@H](O)[C@H]3O)ccc1-c1ccc(C#C[C@@H]3O[C@H](CO)[C@H](O)[C@H](O)[C@@H]3O)cc12. The van der Waals surface area contributed by atoms with Gasteiger partial charge in [-0.15, -0.1) is 0 Å². The van der Waals surface area contributed by atoms with Crippen LogP contribution in [0.1, 0.15) is 42.0 Å². The lowest BCUT2D eigenvalue weighted by atomic mass is 9.70. The topological polar surface area (TPSA) is 201 Å². The maximum absolute atomic E-state index is 12.2. The summed E-state index contributed by atoms with van der Waals surface area (Å²) >= 11 is 0. The molecule has 2 aromatic carbocycles. The predicted molar refractivity (Wildman–Crippen MR) is 165 cm³/mol. The second-order valence-corrected chi connectivity index (χ2v) is 12.6. The van der Waals surface area contributed by atoms with E-state index < -0.39 is 79.7 Å². The number of benzene rings is 2. The summed E-state index contributed by atoms with van der Waals surface area (Å²) in [6.45, 7) is 1.53. The highest BCUT2D eigenvalue weighted by Crippen LogP contribution is 2.54. The molecule has 10 atom stereocenters. The summed E-state index contributed by atoms with van der Waals surface area (Å²) in [4.78, 5) is 14.0. The number of carbonyl (C=O) groups is 1. The molecule has 250 valence electrons. The van der Waals surface area contributed by atoms with E-state index in [2.05, 4.69) is 23.7 Å². The van der Waals surface area contributed by atoms with Crippen molar-refractivity contribution in [3.05, 3.63) is 58.7 Å². The molecule has 0 saturated carbocycles. The maximum atomic E-state index is 12.2. The van der Waals surface area contributed by atoms with Crippen molar-refractivity contribution in [3.63, 3.8) is 0 Å². The van der Waals surface area contributed by atoms with E-state index in [0.717, 1.165) is 22.3 Å². The summed E-state index contributed by atoms with van der Waals surface area (Å²) in [6, 6.07) is 11.6. The third-order valence-electron chi connectivity index (χ3n) is 9.92. The Balaban J connectivity index is 1.34. The molecule has 2 aromatic rings. The van der Waals surface area contributed by atoms with E-state index in [1.165, 1.54) is 0 Å². The number of carbonyl (C=O) groups excluding carboxylic acids is 1. The van der Waals surface area contributed by atoms with Gasteiger partial charge in [-0.2, -0.15) is 0 Å². The first-order valence-electron chi connectivity index (χ1n) is 15.7. The van der Waals surface area contributed by atoms with Crippen LogP contribution in [0.2, 0.25) is 0 Å². The molecule has 0 radical (unpaired) electrons. The van der Waals surface area contributed by atoms with E-state index in [-0.39, 0.29) is 5.91 Å². The molecule has 47 heavy (non-hydrogen) atoms. The number of aliphatic hydroxyl groups excluding tert-OH is 8. The summed E-state index contributed by atoms with van der Waals surface area (Å²) in [5.74, 6) is 11.7. The fourth-order valence-electron chi connectivity index (χ4n) is 7.14. The molecule has 1 spiro atoms. The molecule has 3 fully saturated rings. The van der Waals surface area contributed by atoms with E-state index in [1.807, 2.05) is 41.3 Å². The highest BCUT2D eigenvalue weighted by atomic mass is 16.5. The smallest absolute Gasteiger partial charge is 0.219 e. The minimum Gasteiger partial charge on any atom is -0.394 e. The van der Waals surface area contributed by atoms with Crippen LogP contribution >= 0.6 is 0 Å². The number of hydrogen-bond acceptors (Lipinski definition) is 11. The standard InChI is InChI=1S/C35H39NO11/c1-18(39)36-12-10-35(11-13-36)23-14-19(4-8-25-29(40)33(44)31(42)27(16-37)46-25)2-6-21(23)22-7-3-20(15-24(22)35)5-9-26-30(41)34(45)32(43)28(17-38)47-26/h2-3,6-7,14-15,25-34,37-38,40-45H,10-13,16-17H2,1H3/t25-,26-,27+,28+,29-,30+,31-,32-,33+,34+/m0/s1. The number of hydrogen-bond donors (Lipinski definition) is 8. The van der Waals surface area contributed by atoms with Gasteiger partial charge in [0.25, 0.3) is 0 Å². The number of nitrogens with zero attached hydrogens (tertiary/aromatic N) is 1. The van der Waals surface area contributed by atoms with Crippen molar-refractivity contribution in [1.29, 1.82) is 0 Å². The van der Waals surface area contributed by atoms with Gasteiger partial charge < -0.3 is 55.2 Å². The zero-order chi connectivity index (χ0) is 33.6. The lowest BCUT2D eigenvalue weighted by Gasteiger charge is -2.40. The molecule has 4 aliphatic rings. The number of likely N-dealkylation sites (tertiary alicyclic amines) is 1. The fraction of sp³-hybridized carbons (Fsp3) is 0.514. The molecule has 0 bridgehead atoms. The van der Waals surface area contributed by atoms with Crippen molar-refractivity contribution >= 4 is 5.91 Å². The molecule has 8 N–H and O–H groups in total. The van der Waals surface area contributed by atoms with Crippen LogP contribution in [0.15, 0.2) is 36.4 Å². The summed E-state index contributed by atoms with van der Waals surface area (Å²) in [6.07, 6.45) is -12.0. The van der Waals surface area contributed by atoms with Crippen molar-refractivity contribution < 1.29 is 55.1 Å². The van der Waals surface area contributed by atoms with Crippen LogP contribution in [-0.2, 0) is 19.7 Å². The second kappa shape index (κ2) is 13.3. The number of rotatable bonds is 2. The minimum absolute atomic E-state index is 0.00316. The normalized spacial score (nSPS) is 34.0. The first-order valence-corrected chi connectivity index (χ1v) is 15.7. The van der Waals surface area contributed by atoms with Crippen molar-refractivity contribution in [2.75, 3.05) is 26.3 Å². The molecule has 3 heterocycles. The van der Waals surface area contributed by atoms with Crippen LogP contribution in [0.4, 0.5) is 0 Å². The molecular weight excluding hydrogens is 610 g/mol. The van der Waals surface area contributed by atoms with Gasteiger partial charge in [-0.1, -0.05) is 35.8 Å². The quantitative estimate of drug-likeness (QED) is 0.167. The number of fused-ring (bicyclic) bond motifs is 5. The van der Waals surface area contributed by atoms with E-state index in [4.69, 9.17) is 9.47 Å². The zero-order valence-electron chi connectivity index (χ0n) is 25.7. The molecule has 0 aromatic heterocycles. The van der Waals surface area contributed by atoms with Crippen LogP contribution in [-0.4, -0.2) is 139 Å². The summed E-state index contributed by atoms with van der Waals surface area (Å²) < 4.78 is 11.1. The van der Waals surface area contributed by atoms with Crippen molar-refractivity contribution in [1.82, 2.24) is 4.90 Å². The first kappa shape index (κ1) is 33.5. The number of ether oxygens (including phenoxy) is 2. The minimum atomic E-state index is -1.53. The van der Waals surface area contributed by atoms with Crippen molar-refractivity contribution in [2.45, 2.75) is 86.2 Å². The number of amides is 1. The molecule has 1 amide bonds. The van der Waals surface area contributed by atoms with E-state index >= 15 is 0 Å². The highest BCUT2D eigenvalue weighted by Gasteiger charge is 2.47. The van der Waals surface area contributed by atoms with E-state index in [9.17, 15) is 45.6 Å².